The van der Waals surface area contributed by atoms with E-state index in [0.29, 0.717) is 0 Å². The summed E-state index contributed by atoms with van der Waals surface area (Å²) < 4.78 is 0. The summed E-state index contributed by atoms with van der Waals surface area (Å²) >= 11 is 0. The molecule has 0 amide bonds. The van der Waals surface area contributed by atoms with Gasteiger partial charge in [-0.15, -0.1) is 6.58 Å². The summed E-state index contributed by atoms with van der Waals surface area (Å²) in [7, 11) is 0. The molecule has 0 radical (unpaired) electrons. The molecule has 0 saturated carbocycles. The lowest BCUT2D eigenvalue weighted by Crippen LogP contribution is -1.93. The number of benzene rings is 1. The van der Waals surface area contributed by atoms with E-state index in [1.807, 2.05) is 18.2 Å². The zero-order valence-electron chi connectivity index (χ0n) is 20.1. The molecule has 0 saturated heterocycles. The Bertz CT molecular complexity index is 594. The Morgan fingerprint density at radius 1 is 0.931 bits per heavy atom. The van der Waals surface area contributed by atoms with Gasteiger partial charge in [-0.2, -0.15) is 0 Å². The van der Waals surface area contributed by atoms with Crippen molar-refractivity contribution in [2.24, 2.45) is 11.8 Å². The van der Waals surface area contributed by atoms with Gasteiger partial charge in [0.1, 0.15) is 0 Å². The second-order valence-corrected chi connectivity index (χ2v) is 8.24. The molecule has 0 spiro atoms. The highest BCUT2D eigenvalue weighted by Gasteiger charge is 2.02. The molecule has 0 aliphatic heterocycles. The van der Waals surface area contributed by atoms with Crippen molar-refractivity contribution < 1.29 is 0 Å². The van der Waals surface area contributed by atoms with Crippen molar-refractivity contribution in [2.45, 2.75) is 86.5 Å². The summed E-state index contributed by atoms with van der Waals surface area (Å²) in [5.74, 6) is 1.59. The van der Waals surface area contributed by atoms with Crippen molar-refractivity contribution in [3.8, 4) is 0 Å². The Hall–Kier alpha value is -1.82. The molecule has 1 aromatic carbocycles. The maximum Gasteiger partial charge on any atom is -0.0158 e. The van der Waals surface area contributed by atoms with Gasteiger partial charge < -0.3 is 0 Å². The summed E-state index contributed by atoms with van der Waals surface area (Å²) in [6.07, 6.45) is 20.0. The third kappa shape index (κ3) is 15.7. The fourth-order valence-electron chi connectivity index (χ4n) is 3.12. The molecule has 0 N–H and O–H groups in total. The van der Waals surface area contributed by atoms with E-state index in [2.05, 4.69) is 90.6 Å². The molecule has 0 fully saturated rings. The van der Waals surface area contributed by atoms with Crippen LogP contribution >= 0.6 is 0 Å². The minimum absolute atomic E-state index is 0.778. The second kappa shape index (κ2) is 18.2. The van der Waals surface area contributed by atoms with Crippen LogP contribution in [0.15, 0.2) is 78.4 Å². The van der Waals surface area contributed by atoms with E-state index in [9.17, 15) is 0 Å². The number of rotatable bonds is 8. The normalized spacial score (nSPS) is 13.8. The molecule has 0 heteroatoms. The van der Waals surface area contributed by atoms with Crippen molar-refractivity contribution in [3.05, 3.63) is 84.0 Å². The van der Waals surface area contributed by atoms with Crippen LogP contribution in [0.1, 0.15) is 85.1 Å². The lowest BCUT2D eigenvalue weighted by molar-refractivity contribution is 0.531. The minimum Gasteiger partial charge on any atom is -0.103 e. The van der Waals surface area contributed by atoms with Crippen LogP contribution in [0.4, 0.5) is 0 Å². The number of aryl methyl sites for hydroxylation is 1. The first-order valence-corrected chi connectivity index (χ1v) is 11.6. The zero-order valence-corrected chi connectivity index (χ0v) is 20.1. The largest absolute Gasteiger partial charge is 0.103 e. The van der Waals surface area contributed by atoms with Crippen LogP contribution in [0, 0.1) is 18.8 Å². The number of allylic oxidation sites excluding steroid dienone is 7. The van der Waals surface area contributed by atoms with Gasteiger partial charge in [-0.05, 0) is 51.4 Å². The first kappa shape index (κ1) is 27.2. The first-order valence-electron chi connectivity index (χ1n) is 11.6. The Balaban J connectivity index is 0.000000429. The molecule has 1 atom stereocenters. The molecule has 162 valence electrons. The van der Waals surface area contributed by atoms with Gasteiger partial charge in [0.05, 0.1) is 0 Å². The Kier molecular flexibility index (Phi) is 17.1. The highest BCUT2D eigenvalue weighted by atomic mass is 14.1. The maximum absolute atomic E-state index is 3.80. The van der Waals surface area contributed by atoms with E-state index in [1.54, 1.807) is 0 Å². The van der Waals surface area contributed by atoms with Crippen LogP contribution in [0.5, 0.6) is 0 Å². The van der Waals surface area contributed by atoms with Crippen LogP contribution in [0.3, 0.4) is 0 Å². The smallest absolute Gasteiger partial charge is 0.0158 e. The first-order chi connectivity index (χ1) is 14.0. The monoisotopic (exact) mass is 394 g/mol. The second-order valence-electron chi connectivity index (χ2n) is 8.24. The van der Waals surface area contributed by atoms with E-state index in [1.165, 1.54) is 55.2 Å². The lowest BCUT2D eigenvalue weighted by Gasteiger charge is -2.08. The average molecular weight is 395 g/mol. The molecule has 0 bridgehead atoms. The molecular weight excluding hydrogens is 348 g/mol. The molecule has 1 aliphatic rings. The lowest BCUT2D eigenvalue weighted by atomic mass is 9.98. The molecule has 2 rings (SSSR count). The molecule has 0 nitrogen and oxygen atoms in total. The van der Waals surface area contributed by atoms with Crippen LogP contribution in [-0.4, -0.2) is 0 Å². The van der Waals surface area contributed by atoms with Crippen molar-refractivity contribution >= 4 is 0 Å². The fraction of sp³-hybridized carbons (Fsp3) is 0.517. The maximum atomic E-state index is 3.80. The van der Waals surface area contributed by atoms with Gasteiger partial charge in [0.25, 0.3) is 0 Å². The van der Waals surface area contributed by atoms with Crippen LogP contribution in [0.25, 0.3) is 0 Å². The summed E-state index contributed by atoms with van der Waals surface area (Å²) in [6.45, 7) is 17.1. The molecular formula is C29H46. The Labute approximate surface area is 182 Å². The number of hydrogen-bond donors (Lipinski definition) is 0. The van der Waals surface area contributed by atoms with Crippen molar-refractivity contribution in [1.29, 1.82) is 0 Å². The van der Waals surface area contributed by atoms with Gasteiger partial charge in [-0.1, -0.05) is 124 Å². The SMILES string of the molecule is C=CC(CCC)CCC.CCC(C)CC1=CCC=C(C)C=C1.Cc1ccccc1. The van der Waals surface area contributed by atoms with Crippen LogP contribution in [-0.2, 0) is 0 Å². The van der Waals surface area contributed by atoms with Gasteiger partial charge in [-0.25, -0.2) is 0 Å². The predicted octanol–water partition coefficient (Wildman–Crippen LogP) is 9.64. The summed E-state index contributed by atoms with van der Waals surface area (Å²) in [6, 6.07) is 10.3. The third-order valence-corrected chi connectivity index (χ3v) is 5.25. The van der Waals surface area contributed by atoms with E-state index in [4.69, 9.17) is 0 Å². The molecule has 1 aromatic rings. The molecule has 29 heavy (non-hydrogen) atoms. The third-order valence-electron chi connectivity index (χ3n) is 5.25. The van der Waals surface area contributed by atoms with Gasteiger partial charge in [0.2, 0.25) is 0 Å². The van der Waals surface area contributed by atoms with E-state index in [0.717, 1.165) is 18.3 Å². The highest BCUT2D eigenvalue weighted by Crippen LogP contribution is 2.19. The molecule has 1 unspecified atom stereocenters. The van der Waals surface area contributed by atoms with Crippen molar-refractivity contribution in [1.82, 2.24) is 0 Å². The van der Waals surface area contributed by atoms with Gasteiger partial charge in [0.15, 0.2) is 0 Å². The molecule has 1 aliphatic carbocycles. The van der Waals surface area contributed by atoms with Crippen molar-refractivity contribution in [2.75, 3.05) is 0 Å². The van der Waals surface area contributed by atoms with Gasteiger partial charge >= 0.3 is 0 Å². The molecule has 0 heterocycles. The van der Waals surface area contributed by atoms with Crippen molar-refractivity contribution in [3.63, 3.8) is 0 Å². The number of hydrogen-bond acceptors (Lipinski definition) is 0. The molecule has 0 aromatic heterocycles. The van der Waals surface area contributed by atoms with E-state index >= 15 is 0 Å². The quantitative estimate of drug-likeness (QED) is 0.385. The van der Waals surface area contributed by atoms with Crippen LogP contribution < -0.4 is 0 Å². The summed E-state index contributed by atoms with van der Waals surface area (Å²) in [5.41, 5.74) is 4.21. The standard InChI is InChI=1S/C13H20.C9H18.C7H8/c1-4-11(2)10-13-7-5-6-12(3)8-9-13;1-4-7-9(6-3)8-5-2;1-7-5-3-2-4-6-7/h6-9,11H,4-5,10H2,1-3H3;6,9H,3-5,7-8H2,1-2H3;2-6H,1H3. The topological polar surface area (TPSA) is 0 Å². The van der Waals surface area contributed by atoms with Gasteiger partial charge in [-0.3, -0.25) is 0 Å². The summed E-state index contributed by atoms with van der Waals surface area (Å²) in [4.78, 5) is 0. The van der Waals surface area contributed by atoms with E-state index < -0.39 is 0 Å². The fourth-order valence-corrected chi connectivity index (χ4v) is 3.12. The minimum atomic E-state index is 0.778. The Morgan fingerprint density at radius 2 is 1.55 bits per heavy atom. The summed E-state index contributed by atoms with van der Waals surface area (Å²) in [5, 5.41) is 0. The van der Waals surface area contributed by atoms with Crippen LogP contribution in [0.2, 0.25) is 0 Å². The van der Waals surface area contributed by atoms with E-state index in [-0.39, 0.29) is 0 Å². The zero-order chi connectivity index (χ0) is 21.9. The van der Waals surface area contributed by atoms with Gasteiger partial charge in [0, 0.05) is 0 Å². The highest BCUT2D eigenvalue weighted by molar-refractivity contribution is 5.31. The Morgan fingerprint density at radius 3 is 2.00 bits per heavy atom. The predicted molar refractivity (Wildman–Crippen MR) is 134 cm³/mol. The average Bonchev–Trinajstić information content (AvgIpc) is 2.93.